The molecule has 0 saturated heterocycles. The zero-order valence-electron chi connectivity index (χ0n) is 15.1. The zero-order chi connectivity index (χ0) is 16.7. The summed E-state index contributed by atoms with van der Waals surface area (Å²) in [5, 5.41) is 0. The Balaban J connectivity index is -0.000000257. The second kappa shape index (κ2) is 29.6. The van der Waals surface area contributed by atoms with E-state index >= 15 is 0 Å². The Labute approximate surface area is 160 Å². The third kappa shape index (κ3) is 34.1. The van der Waals surface area contributed by atoms with Crippen molar-refractivity contribution < 1.29 is 20.4 Å². The van der Waals surface area contributed by atoms with Crippen molar-refractivity contribution in [3.63, 3.8) is 0 Å². The van der Waals surface area contributed by atoms with Crippen molar-refractivity contribution in [1.29, 1.82) is 0 Å². The van der Waals surface area contributed by atoms with E-state index < -0.39 is 0 Å². The molecule has 0 unspecified atom stereocenters. The molecule has 0 aromatic carbocycles. The quantitative estimate of drug-likeness (QED) is 0.166. The van der Waals surface area contributed by atoms with Crippen molar-refractivity contribution in [2.75, 3.05) is 0 Å². The van der Waals surface area contributed by atoms with Gasteiger partial charge in [0, 0.05) is 0 Å². The summed E-state index contributed by atoms with van der Waals surface area (Å²) in [5.74, 6) is 0. The van der Waals surface area contributed by atoms with Gasteiger partial charge < -0.3 is 13.8 Å². The van der Waals surface area contributed by atoms with Crippen LogP contribution in [0.4, 0.5) is 0 Å². The van der Waals surface area contributed by atoms with Gasteiger partial charge in [-0.05, 0) is 38.5 Å². The summed E-state index contributed by atoms with van der Waals surface area (Å²) in [6.07, 6.45) is 27.3. The fourth-order valence-electron chi connectivity index (χ4n) is 1.79. The van der Waals surface area contributed by atoms with Crippen LogP contribution in [0.25, 0.3) is 0 Å². The van der Waals surface area contributed by atoms with Gasteiger partial charge in [-0.15, -0.1) is 13.2 Å². The molecule has 0 fully saturated rings. The maximum atomic E-state index is 3.72. The minimum atomic E-state index is 0. The SMILES string of the molecule is C1=C\CC/C=C\CC/1.C=CCCCC[CH2-].C=CCCCC[CH2-].[Pd+2]. The van der Waals surface area contributed by atoms with Crippen molar-refractivity contribution in [2.24, 2.45) is 0 Å². The summed E-state index contributed by atoms with van der Waals surface area (Å²) in [6, 6.07) is 0. The zero-order valence-corrected chi connectivity index (χ0v) is 16.6. The average molecular weight is 409 g/mol. The van der Waals surface area contributed by atoms with E-state index in [9.17, 15) is 0 Å². The van der Waals surface area contributed by atoms with Gasteiger partial charge in [0.15, 0.2) is 0 Å². The van der Waals surface area contributed by atoms with E-state index in [1.165, 1.54) is 51.4 Å². The average Bonchev–Trinajstić information content (AvgIpc) is 2.49. The van der Waals surface area contributed by atoms with Crippen LogP contribution in [0.15, 0.2) is 49.6 Å². The molecule has 0 radical (unpaired) electrons. The van der Waals surface area contributed by atoms with Crippen LogP contribution < -0.4 is 0 Å². The van der Waals surface area contributed by atoms with Crippen LogP contribution in [0.1, 0.15) is 77.0 Å². The first kappa shape index (κ1) is 27.5. The fraction of sp³-hybridized carbons (Fsp3) is 0.545. The summed E-state index contributed by atoms with van der Waals surface area (Å²) in [7, 11) is 0. The summed E-state index contributed by atoms with van der Waals surface area (Å²) < 4.78 is 0. The van der Waals surface area contributed by atoms with Crippen LogP contribution in [0.3, 0.4) is 0 Å². The van der Waals surface area contributed by atoms with Gasteiger partial charge in [-0.25, -0.2) is 0 Å². The molecule has 136 valence electrons. The van der Waals surface area contributed by atoms with Gasteiger partial charge in [-0.2, -0.15) is 12.8 Å². The number of allylic oxidation sites excluding steroid dienone is 6. The minimum absolute atomic E-state index is 0. The maximum Gasteiger partial charge on any atom is 2.00 e. The van der Waals surface area contributed by atoms with Gasteiger partial charge in [0.25, 0.3) is 0 Å². The molecule has 23 heavy (non-hydrogen) atoms. The number of hydrogen-bond donors (Lipinski definition) is 0. The Morgan fingerprint density at radius 3 is 1.17 bits per heavy atom. The molecule has 0 amide bonds. The molecular weight excluding hydrogens is 371 g/mol. The van der Waals surface area contributed by atoms with Crippen molar-refractivity contribution in [3.8, 4) is 0 Å². The van der Waals surface area contributed by atoms with Crippen LogP contribution in [0, 0.1) is 13.8 Å². The maximum absolute atomic E-state index is 3.72. The third-order valence-electron chi connectivity index (χ3n) is 3.15. The molecule has 0 aromatic heterocycles. The van der Waals surface area contributed by atoms with Crippen LogP contribution >= 0.6 is 0 Å². The number of hydrogen-bond acceptors (Lipinski definition) is 0. The largest absolute Gasteiger partial charge is 2.00 e. The van der Waals surface area contributed by atoms with Crippen molar-refractivity contribution in [3.05, 3.63) is 63.5 Å². The van der Waals surface area contributed by atoms with Gasteiger partial charge in [0.2, 0.25) is 0 Å². The number of rotatable bonds is 8. The summed E-state index contributed by atoms with van der Waals surface area (Å²) in [6.45, 7) is 14.7. The predicted molar refractivity (Wildman–Crippen MR) is 105 cm³/mol. The third-order valence-corrected chi connectivity index (χ3v) is 3.15. The fourth-order valence-corrected chi connectivity index (χ4v) is 1.79. The predicted octanol–water partition coefficient (Wildman–Crippen LogP) is 7.80. The summed E-state index contributed by atoms with van der Waals surface area (Å²) in [5.41, 5.74) is 0. The molecule has 1 heteroatoms. The molecule has 0 N–H and O–H groups in total. The molecule has 1 aliphatic rings. The Morgan fingerprint density at radius 2 is 0.957 bits per heavy atom. The summed E-state index contributed by atoms with van der Waals surface area (Å²) >= 11 is 0. The molecule has 1 aliphatic carbocycles. The molecule has 0 spiro atoms. The van der Waals surface area contributed by atoms with Gasteiger partial charge in [0.05, 0.1) is 0 Å². The van der Waals surface area contributed by atoms with Crippen LogP contribution in [0.2, 0.25) is 0 Å². The van der Waals surface area contributed by atoms with E-state index in [1.807, 2.05) is 12.2 Å². The van der Waals surface area contributed by atoms with Gasteiger partial charge in [-0.1, -0.05) is 62.1 Å². The minimum Gasteiger partial charge on any atom is -0.343 e. The Bertz CT molecular complexity index is 223. The first-order valence-corrected chi connectivity index (χ1v) is 8.93. The van der Waals surface area contributed by atoms with E-state index in [-0.39, 0.29) is 20.4 Å². The van der Waals surface area contributed by atoms with E-state index in [0.717, 1.165) is 25.7 Å². The second-order valence-electron chi connectivity index (χ2n) is 5.37. The van der Waals surface area contributed by atoms with Crippen molar-refractivity contribution in [2.45, 2.75) is 77.0 Å². The molecular formula is C22H38Pd. The van der Waals surface area contributed by atoms with E-state index in [2.05, 4.69) is 51.3 Å². The smallest absolute Gasteiger partial charge is 0.343 e. The van der Waals surface area contributed by atoms with Crippen LogP contribution in [-0.4, -0.2) is 0 Å². The monoisotopic (exact) mass is 408 g/mol. The molecule has 0 saturated carbocycles. The standard InChI is InChI=1S/C8H12.2C7H13.Pd/c1-2-4-6-8-7-5-3-1;2*1-3-5-7-6-4-2;/h1-2,7-8H,3-6H2;2*3H,1-2,4-7H2;/q;2*-1;+2/b2-1-,8-7-;;;. The molecule has 0 nitrogen and oxygen atoms in total. The Kier molecular flexibility index (Phi) is 35.4. The number of unbranched alkanes of at least 4 members (excludes halogenated alkanes) is 6. The molecule has 0 aliphatic heterocycles. The first-order chi connectivity index (χ1) is 10.8. The van der Waals surface area contributed by atoms with Crippen molar-refractivity contribution >= 4 is 0 Å². The molecule has 0 atom stereocenters. The van der Waals surface area contributed by atoms with Gasteiger partial charge in [-0.3, -0.25) is 0 Å². The van der Waals surface area contributed by atoms with Crippen LogP contribution in [-0.2, 0) is 20.4 Å². The van der Waals surface area contributed by atoms with Gasteiger partial charge >= 0.3 is 20.4 Å². The van der Waals surface area contributed by atoms with Crippen LogP contribution in [0.5, 0.6) is 0 Å². The normalized spacial score (nSPS) is 15.0. The topological polar surface area (TPSA) is 0 Å². The second-order valence-corrected chi connectivity index (χ2v) is 5.37. The summed E-state index contributed by atoms with van der Waals surface area (Å²) in [4.78, 5) is 0. The molecule has 1 rings (SSSR count). The van der Waals surface area contributed by atoms with E-state index in [0.29, 0.717) is 0 Å². The van der Waals surface area contributed by atoms with Crippen molar-refractivity contribution in [1.82, 2.24) is 0 Å². The molecule has 0 aromatic rings. The Morgan fingerprint density at radius 1 is 0.652 bits per heavy atom. The molecule has 0 heterocycles. The van der Waals surface area contributed by atoms with E-state index in [4.69, 9.17) is 0 Å². The Hall–Kier alpha value is -0.378. The van der Waals surface area contributed by atoms with E-state index in [1.54, 1.807) is 0 Å². The van der Waals surface area contributed by atoms with Gasteiger partial charge in [0.1, 0.15) is 0 Å². The molecule has 0 bridgehead atoms. The first-order valence-electron chi connectivity index (χ1n) is 8.93.